The molecule has 0 aliphatic carbocycles. The maximum Gasteiger partial charge on any atom is 0.251 e. The lowest BCUT2D eigenvalue weighted by atomic mass is 9.96. The van der Waals surface area contributed by atoms with Crippen LogP contribution >= 0.6 is 0 Å². The summed E-state index contributed by atoms with van der Waals surface area (Å²) in [6.45, 7) is -0.307. The molecule has 0 radical (unpaired) electrons. The van der Waals surface area contributed by atoms with Crippen LogP contribution in [-0.4, -0.2) is 33.6 Å². The molecule has 0 aromatic heterocycles. The van der Waals surface area contributed by atoms with Crippen LogP contribution in [0.1, 0.15) is 34.3 Å². The molecule has 1 unspecified atom stereocenters. The van der Waals surface area contributed by atoms with Crippen LogP contribution in [0.2, 0.25) is 0 Å². The highest BCUT2D eigenvalue weighted by Gasteiger charge is 2.26. The number of amides is 1. The topological polar surface area (TPSA) is 75.3 Å². The second-order valence-corrected chi connectivity index (χ2v) is 8.46. The molecule has 1 heterocycles. The van der Waals surface area contributed by atoms with Crippen LogP contribution < -0.4 is 10.0 Å². The Hall–Kier alpha value is -2.25. The number of alkyl halides is 1. The molecular formula is C20H23FN2O3S. The molecule has 5 nitrogen and oxygen atoms in total. The van der Waals surface area contributed by atoms with Gasteiger partial charge in [0.2, 0.25) is 10.0 Å². The first-order valence-corrected chi connectivity index (χ1v) is 10.5. The fourth-order valence-electron chi connectivity index (χ4n) is 3.17. The van der Waals surface area contributed by atoms with Gasteiger partial charge in [0.1, 0.15) is 6.67 Å². The number of benzene rings is 2. The van der Waals surface area contributed by atoms with E-state index < -0.39 is 28.6 Å². The summed E-state index contributed by atoms with van der Waals surface area (Å²) in [7, 11) is -3.69. The van der Waals surface area contributed by atoms with Gasteiger partial charge < -0.3 is 5.32 Å². The van der Waals surface area contributed by atoms with Crippen LogP contribution in [0, 0.1) is 0 Å². The van der Waals surface area contributed by atoms with Gasteiger partial charge in [0.05, 0.1) is 10.9 Å². The van der Waals surface area contributed by atoms with E-state index in [0.717, 1.165) is 19.3 Å². The summed E-state index contributed by atoms with van der Waals surface area (Å²) in [6, 6.07) is 13.9. The van der Waals surface area contributed by atoms with Crippen LogP contribution in [0.3, 0.4) is 0 Å². The van der Waals surface area contributed by atoms with Gasteiger partial charge in [-0.25, -0.2) is 17.5 Å². The summed E-state index contributed by atoms with van der Waals surface area (Å²) in [4.78, 5) is 12.1. The number of fused-ring (bicyclic) bond motifs is 1. The SMILES string of the molecule is O=C1NC(CF)Cc2ccc(S(=O)(=O)NCCCCc3ccccc3)cc21. The third-order valence-electron chi connectivity index (χ3n) is 4.65. The van der Waals surface area contributed by atoms with Crippen LogP contribution in [-0.2, 0) is 22.9 Å². The Balaban J connectivity index is 1.57. The molecule has 1 aliphatic heterocycles. The number of unbranched alkanes of at least 4 members (excludes halogenated alkanes) is 1. The predicted molar refractivity (Wildman–Crippen MR) is 102 cm³/mol. The van der Waals surface area contributed by atoms with Gasteiger partial charge in [-0.2, -0.15) is 0 Å². The summed E-state index contributed by atoms with van der Waals surface area (Å²) in [5.41, 5.74) is 2.20. The Morgan fingerprint density at radius 3 is 2.63 bits per heavy atom. The van der Waals surface area contributed by atoms with E-state index in [9.17, 15) is 17.6 Å². The van der Waals surface area contributed by atoms with Gasteiger partial charge in [-0.1, -0.05) is 36.4 Å². The second kappa shape index (κ2) is 8.63. The van der Waals surface area contributed by atoms with Crippen molar-refractivity contribution in [2.75, 3.05) is 13.2 Å². The van der Waals surface area contributed by atoms with Gasteiger partial charge >= 0.3 is 0 Å². The number of hydrogen-bond acceptors (Lipinski definition) is 3. The first kappa shape index (κ1) is 19.5. The molecule has 7 heteroatoms. The highest BCUT2D eigenvalue weighted by molar-refractivity contribution is 7.89. The highest BCUT2D eigenvalue weighted by atomic mass is 32.2. The van der Waals surface area contributed by atoms with Gasteiger partial charge in [0.15, 0.2) is 0 Å². The molecular weight excluding hydrogens is 367 g/mol. The van der Waals surface area contributed by atoms with Gasteiger partial charge in [-0.05, 0) is 48.9 Å². The molecule has 0 fully saturated rings. The molecule has 1 atom stereocenters. The van der Waals surface area contributed by atoms with Crippen molar-refractivity contribution in [1.29, 1.82) is 0 Å². The summed E-state index contributed by atoms with van der Waals surface area (Å²) in [6.07, 6.45) is 2.86. The molecule has 0 saturated heterocycles. The molecule has 1 aliphatic rings. The van der Waals surface area contributed by atoms with E-state index in [1.165, 1.54) is 17.7 Å². The van der Waals surface area contributed by atoms with Crippen molar-refractivity contribution in [3.63, 3.8) is 0 Å². The Labute approximate surface area is 159 Å². The third kappa shape index (κ3) is 4.93. The molecule has 3 rings (SSSR count). The van der Waals surface area contributed by atoms with E-state index in [0.29, 0.717) is 24.1 Å². The van der Waals surface area contributed by atoms with E-state index in [2.05, 4.69) is 22.2 Å². The van der Waals surface area contributed by atoms with Crippen LogP contribution in [0.25, 0.3) is 0 Å². The average Bonchev–Trinajstić information content (AvgIpc) is 2.68. The van der Waals surface area contributed by atoms with Crippen LogP contribution in [0.4, 0.5) is 4.39 Å². The van der Waals surface area contributed by atoms with Gasteiger partial charge in [-0.3, -0.25) is 4.79 Å². The summed E-state index contributed by atoms with van der Waals surface area (Å²) in [5.74, 6) is -0.432. The Morgan fingerprint density at radius 1 is 1.11 bits per heavy atom. The third-order valence-corrected chi connectivity index (χ3v) is 6.11. The van der Waals surface area contributed by atoms with Crippen molar-refractivity contribution in [2.45, 2.75) is 36.6 Å². The van der Waals surface area contributed by atoms with Gasteiger partial charge in [-0.15, -0.1) is 0 Å². The van der Waals surface area contributed by atoms with Crippen LogP contribution in [0.15, 0.2) is 53.4 Å². The summed E-state index contributed by atoms with van der Waals surface area (Å²) >= 11 is 0. The smallest absolute Gasteiger partial charge is 0.251 e. The lowest BCUT2D eigenvalue weighted by Crippen LogP contribution is -2.42. The molecule has 1 amide bonds. The molecule has 2 N–H and O–H groups in total. The van der Waals surface area contributed by atoms with E-state index in [-0.39, 0.29) is 4.90 Å². The zero-order valence-corrected chi connectivity index (χ0v) is 15.8. The molecule has 0 bridgehead atoms. The Bertz CT molecular complexity index is 901. The summed E-state index contributed by atoms with van der Waals surface area (Å²) in [5, 5.41) is 2.55. The first-order chi connectivity index (χ1) is 13.0. The maximum atomic E-state index is 12.8. The van der Waals surface area contributed by atoms with Crippen molar-refractivity contribution in [1.82, 2.24) is 10.0 Å². The zero-order chi connectivity index (χ0) is 19.3. The molecule has 2 aromatic rings. The number of aryl methyl sites for hydroxylation is 1. The van der Waals surface area contributed by atoms with Crippen molar-refractivity contribution in [3.05, 3.63) is 65.2 Å². The van der Waals surface area contributed by atoms with Crippen molar-refractivity contribution >= 4 is 15.9 Å². The number of rotatable bonds is 8. The van der Waals surface area contributed by atoms with Crippen LogP contribution in [0.5, 0.6) is 0 Å². The number of carbonyl (C=O) groups is 1. The second-order valence-electron chi connectivity index (χ2n) is 6.69. The van der Waals surface area contributed by atoms with Crippen molar-refractivity contribution < 1.29 is 17.6 Å². The van der Waals surface area contributed by atoms with E-state index in [1.54, 1.807) is 6.07 Å². The monoisotopic (exact) mass is 390 g/mol. The number of hydrogen-bond donors (Lipinski definition) is 2. The first-order valence-electron chi connectivity index (χ1n) is 9.03. The average molecular weight is 390 g/mol. The summed E-state index contributed by atoms with van der Waals surface area (Å²) < 4.78 is 40.3. The van der Waals surface area contributed by atoms with Gasteiger partial charge in [0.25, 0.3) is 5.91 Å². The number of halogens is 1. The molecule has 144 valence electrons. The molecule has 0 spiro atoms. The van der Waals surface area contributed by atoms with E-state index in [4.69, 9.17) is 0 Å². The zero-order valence-electron chi connectivity index (χ0n) is 14.9. The minimum atomic E-state index is -3.69. The maximum absolute atomic E-state index is 12.8. The number of sulfonamides is 1. The molecule has 27 heavy (non-hydrogen) atoms. The Morgan fingerprint density at radius 2 is 1.89 bits per heavy atom. The molecule has 2 aromatic carbocycles. The normalized spacial score (nSPS) is 16.6. The molecule has 0 saturated carbocycles. The largest absolute Gasteiger partial charge is 0.346 e. The standard InChI is InChI=1S/C20H23FN2O3S/c21-14-17-12-16-9-10-18(13-19(16)20(24)23-17)27(25,26)22-11-5-4-8-15-6-2-1-3-7-15/h1-3,6-7,9-10,13,17,22H,4-5,8,11-12,14H2,(H,23,24). The fraction of sp³-hybridized carbons (Fsp3) is 0.350. The minimum absolute atomic E-state index is 0.0538. The van der Waals surface area contributed by atoms with Gasteiger partial charge in [0, 0.05) is 12.1 Å². The quantitative estimate of drug-likeness (QED) is 0.681. The van der Waals surface area contributed by atoms with Crippen molar-refractivity contribution in [3.8, 4) is 0 Å². The lowest BCUT2D eigenvalue weighted by Gasteiger charge is -2.23. The van der Waals surface area contributed by atoms with Crippen molar-refractivity contribution in [2.24, 2.45) is 0 Å². The highest BCUT2D eigenvalue weighted by Crippen LogP contribution is 2.21. The fourth-order valence-corrected chi connectivity index (χ4v) is 4.27. The minimum Gasteiger partial charge on any atom is -0.346 e. The predicted octanol–water partition coefficient (Wildman–Crippen LogP) is 2.61. The Kier molecular flexibility index (Phi) is 6.23. The van der Waals surface area contributed by atoms with E-state index in [1.807, 2.05) is 18.2 Å². The number of carbonyl (C=O) groups excluding carboxylic acids is 1. The number of nitrogens with one attached hydrogen (secondary N) is 2. The lowest BCUT2D eigenvalue weighted by molar-refractivity contribution is 0.0917. The van der Waals surface area contributed by atoms with E-state index >= 15 is 0 Å².